The summed E-state index contributed by atoms with van der Waals surface area (Å²) >= 11 is 7.61. The van der Waals surface area contributed by atoms with Gasteiger partial charge < -0.3 is 5.32 Å². The number of aliphatic imine (C=N–C) groups is 1. The lowest BCUT2D eigenvalue weighted by atomic mass is 9.95. The highest BCUT2D eigenvalue weighted by Gasteiger charge is 2.25. The monoisotopic (exact) mass is 422 g/mol. The molecular weight excluding hydrogens is 400 g/mol. The Labute approximate surface area is 180 Å². The van der Waals surface area contributed by atoms with Gasteiger partial charge in [0, 0.05) is 21.8 Å². The van der Waals surface area contributed by atoms with Gasteiger partial charge in [0.1, 0.15) is 5.00 Å². The molecule has 29 heavy (non-hydrogen) atoms. The van der Waals surface area contributed by atoms with Crippen LogP contribution in [0, 0.1) is 0 Å². The molecule has 0 aliphatic heterocycles. The minimum atomic E-state index is -0.0970. The Hall–Kier alpha value is -2.43. The molecule has 0 unspecified atom stereocenters. The second-order valence-corrected chi connectivity index (χ2v) is 8.73. The fourth-order valence-corrected chi connectivity index (χ4v) is 4.93. The number of fused-ring (bicyclic) bond motifs is 1. The number of amides is 1. The summed E-state index contributed by atoms with van der Waals surface area (Å²) in [6.45, 7) is 2.14. The maximum Gasteiger partial charge on any atom is 0.259 e. The summed E-state index contributed by atoms with van der Waals surface area (Å²) in [6.07, 6.45) is 7.14. The van der Waals surface area contributed by atoms with Crippen molar-refractivity contribution in [3.63, 3.8) is 0 Å². The molecule has 148 valence electrons. The van der Waals surface area contributed by atoms with Crippen molar-refractivity contribution >= 4 is 45.7 Å². The third-order valence-corrected chi connectivity index (χ3v) is 6.65. The number of nitrogens with one attached hydrogen (secondary N) is 1. The molecule has 0 saturated carbocycles. The molecule has 0 radical (unpaired) electrons. The van der Waals surface area contributed by atoms with Crippen LogP contribution < -0.4 is 5.32 Å². The van der Waals surface area contributed by atoms with E-state index < -0.39 is 0 Å². The van der Waals surface area contributed by atoms with Crippen molar-refractivity contribution in [1.82, 2.24) is 0 Å². The maximum atomic E-state index is 13.1. The number of hydrogen-bond donors (Lipinski definition) is 1. The lowest BCUT2D eigenvalue weighted by molar-refractivity contribution is 0.102. The summed E-state index contributed by atoms with van der Waals surface area (Å²) in [5, 5.41) is 4.45. The summed E-state index contributed by atoms with van der Waals surface area (Å²) in [7, 11) is 0. The second-order valence-electron chi connectivity index (χ2n) is 7.21. The summed E-state index contributed by atoms with van der Waals surface area (Å²) in [5.41, 5.74) is 4.97. The third kappa shape index (κ3) is 4.60. The van der Waals surface area contributed by atoms with Gasteiger partial charge in [0.25, 0.3) is 5.91 Å². The molecule has 0 saturated heterocycles. The van der Waals surface area contributed by atoms with E-state index in [0.29, 0.717) is 5.02 Å². The first-order valence-corrected chi connectivity index (χ1v) is 11.2. The molecule has 5 heteroatoms. The molecule has 4 rings (SSSR count). The number of benzene rings is 2. The van der Waals surface area contributed by atoms with Gasteiger partial charge in [0.15, 0.2) is 0 Å². The smallest absolute Gasteiger partial charge is 0.259 e. The zero-order valence-electron chi connectivity index (χ0n) is 16.4. The van der Waals surface area contributed by atoms with Crippen LogP contribution in [0.2, 0.25) is 5.02 Å². The molecule has 3 aromatic rings. The molecule has 0 spiro atoms. The van der Waals surface area contributed by atoms with E-state index in [2.05, 4.69) is 36.5 Å². The van der Waals surface area contributed by atoms with Crippen LogP contribution in [0.25, 0.3) is 0 Å². The van der Waals surface area contributed by atoms with Crippen molar-refractivity contribution < 1.29 is 4.79 Å². The van der Waals surface area contributed by atoms with Gasteiger partial charge in [-0.25, -0.2) is 4.99 Å². The van der Waals surface area contributed by atoms with E-state index in [4.69, 9.17) is 16.6 Å². The topological polar surface area (TPSA) is 41.5 Å². The molecular formula is C24H23ClN2OS. The fourth-order valence-electron chi connectivity index (χ4n) is 3.58. The quantitative estimate of drug-likeness (QED) is 0.449. The number of rotatable bonds is 5. The summed E-state index contributed by atoms with van der Waals surface area (Å²) in [4.78, 5) is 19.2. The van der Waals surface area contributed by atoms with E-state index in [9.17, 15) is 4.79 Å². The van der Waals surface area contributed by atoms with Gasteiger partial charge in [-0.3, -0.25) is 4.79 Å². The highest BCUT2D eigenvalue weighted by Crippen LogP contribution is 2.40. The van der Waals surface area contributed by atoms with Gasteiger partial charge in [-0.2, -0.15) is 0 Å². The molecule has 0 fully saturated rings. The average molecular weight is 423 g/mol. The largest absolute Gasteiger partial charge is 0.322 e. The molecule has 0 bridgehead atoms. The van der Waals surface area contributed by atoms with Gasteiger partial charge >= 0.3 is 0 Å². The highest BCUT2D eigenvalue weighted by atomic mass is 35.5. The minimum absolute atomic E-state index is 0.0970. The van der Waals surface area contributed by atoms with E-state index in [1.165, 1.54) is 22.4 Å². The molecule has 3 nitrogen and oxygen atoms in total. The van der Waals surface area contributed by atoms with Crippen molar-refractivity contribution in [2.75, 3.05) is 5.32 Å². The number of aryl methyl sites for hydroxylation is 2. The molecule has 1 aromatic heterocycles. The molecule has 1 aliphatic rings. The van der Waals surface area contributed by atoms with E-state index in [1.807, 2.05) is 18.3 Å². The Morgan fingerprint density at radius 3 is 2.55 bits per heavy atom. The molecule has 0 atom stereocenters. The van der Waals surface area contributed by atoms with Crippen LogP contribution in [0.15, 0.2) is 53.5 Å². The highest BCUT2D eigenvalue weighted by molar-refractivity contribution is 7.16. The number of anilines is 1. The first-order chi connectivity index (χ1) is 14.1. The van der Waals surface area contributed by atoms with E-state index in [-0.39, 0.29) is 5.91 Å². The Morgan fingerprint density at radius 2 is 1.83 bits per heavy atom. The van der Waals surface area contributed by atoms with Crippen molar-refractivity contribution in [3.05, 3.63) is 80.7 Å². The minimum Gasteiger partial charge on any atom is -0.322 e. The van der Waals surface area contributed by atoms with Crippen LogP contribution in [0.3, 0.4) is 0 Å². The standard InChI is InChI=1S/C24H23ClN2OS/c1-2-16-7-9-17(10-8-16)15-26-24-22(20-5-3-4-6-21(20)29-24)23(28)27-19-13-11-18(25)12-14-19/h7-15H,2-6H2,1H3,(H,27,28). The summed E-state index contributed by atoms with van der Waals surface area (Å²) in [5.74, 6) is -0.0970. The molecule has 1 N–H and O–H groups in total. The number of thiophene rings is 1. The molecule has 1 heterocycles. The Bertz CT molecular complexity index is 1040. The predicted molar refractivity (Wildman–Crippen MR) is 123 cm³/mol. The van der Waals surface area contributed by atoms with Crippen LogP contribution in [0.1, 0.15) is 51.7 Å². The van der Waals surface area contributed by atoms with E-state index >= 15 is 0 Å². The summed E-state index contributed by atoms with van der Waals surface area (Å²) in [6, 6.07) is 15.6. The van der Waals surface area contributed by atoms with E-state index in [0.717, 1.165) is 47.5 Å². The predicted octanol–water partition coefficient (Wildman–Crippen LogP) is 6.85. The zero-order valence-corrected chi connectivity index (χ0v) is 17.9. The number of halogens is 1. The Balaban J connectivity index is 1.64. The molecule has 1 amide bonds. The second kappa shape index (κ2) is 8.93. The van der Waals surface area contributed by atoms with Gasteiger partial charge in [0.2, 0.25) is 0 Å². The average Bonchev–Trinajstić information content (AvgIpc) is 3.13. The van der Waals surface area contributed by atoms with Gasteiger partial charge in [-0.05, 0) is 73.1 Å². The van der Waals surface area contributed by atoms with Crippen molar-refractivity contribution in [2.45, 2.75) is 39.0 Å². The Morgan fingerprint density at radius 1 is 1.10 bits per heavy atom. The maximum absolute atomic E-state index is 13.1. The van der Waals surface area contributed by atoms with Crippen molar-refractivity contribution in [1.29, 1.82) is 0 Å². The summed E-state index contributed by atoms with van der Waals surface area (Å²) < 4.78 is 0. The third-order valence-electron chi connectivity index (χ3n) is 5.20. The molecule has 2 aromatic carbocycles. The van der Waals surface area contributed by atoms with Crippen molar-refractivity contribution in [3.8, 4) is 0 Å². The van der Waals surface area contributed by atoms with Crippen LogP contribution in [-0.4, -0.2) is 12.1 Å². The number of hydrogen-bond acceptors (Lipinski definition) is 3. The first kappa shape index (κ1) is 19.9. The number of nitrogens with zero attached hydrogens (tertiary/aromatic N) is 1. The van der Waals surface area contributed by atoms with Gasteiger partial charge in [-0.1, -0.05) is 42.8 Å². The van der Waals surface area contributed by atoms with Crippen LogP contribution in [0.4, 0.5) is 10.7 Å². The number of carbonyl (C=O) groups is 1. The SMILES string of the molecule is CCc1ccc(C=Nc2sc3c(c2C(=O)Nc2ccc(Cl)cc2)CCCC3)cc1. The zero-order chi connectivity index (χ0) is 20.2. The van der Waals surface area contributed by atoms with Crippen LogP contribution in [-0.2, 0) is 19.3 Å². The van der Waals surface area contributed by atoms with Crippen molar-refractivity contribution in [2.24, 2.45) is 4.99 Å². The van der Waals surface area contributed by atoms with Crippen LogP contribution in [0.5, 0.6) is 0 Å². The molecule has 1 aliphatic carbocycles. The number of carbonyl (C=O) groups excluding carboxylic acids is 1. The first-order valence-electron chi connectivity index (χ1n) is 9.98. The lowest BCUT2D eigenvalue weighted by Gasteiger charge is -2.12. The Kier molecular flexibility index (Phi) is 6.12. The lowest BCUT2D eigenvalue weighted by Crippen LogP contribution is -2.14. The van der Waals surface area contributed by atoms with Crippen LogP contribution >= 0.6 is 22.9 Å². The van der Waals surface area contributed by atoms with E-state index in [1.54, 1.807) is 23.5 Å². The fraction of sp³-hybridized carbons (Fsp3) is 0.250. The van der Waals surface area contributed by atoms with Gasteiger partial charge in [-0.15, -0.1) is 11.3 Å². The normalized spacial score (nSPS) is 13.4. The van der Waals surface area contributed by atoms with Gasteiger partial charge in [0.05, 0.1) is 5.56 Å².